The number of nitrogens with zero attached hydrogens (tertiary/aromatic N) is 2. The molecule has 0 saturated carbocycles. The van der Waals surface area contributed by atoms with Crippen LogP contribution in [0.25, 0.3) is 10.8 Å². The van der Waals surface area contributed by atoms with Crippen LogP contribution in [0.5, 0.6) is 0 Å². The van der Waals surface area contributed by atoms with Crippen molar-refractivity contribution >= 4 is 17.2 Å². The molecule has 1 fully saturated rings. The van der Waals surface area contributed by atoms with Gasteiger partial charge in [-0.2, -0.15) is 0 Å². The highest BCUT2D eigenvalue weighted by Crippen LogP contribution is 2.27. The summed E-state index contributed by atoms with van der Waals surface area (Å²) in [6.07, 6.45) is 1.90. The highest BCUT2D eigenvalue weighted by atomic mass is 32.1. The molecule has 4 rings (SSSR count). The summed E-state index contributed by atoms with van der Waals surface area (Å²) < 4.78 is 5.84. The number of nitrogens with one attached hydrogen (secondary N) is 1. The first-order chi connectivity index (χ1) is 13.2. The molecule has 0 bridgehead atoms. The fraction of sp³-hybridized carbons (Fsp3) is 0.333. The monoisotopic (exact) mass is 381 g/mol. The third-order valence-electron chi connectivity index (χ3n) is 4.96. The average Bonchev–Trinajstić information content (AvgIpc) is 3.34. The first-order valence-electron chi connectivity index (χ1n) is 9.27. The number of aryl methyl sites for hydroxylation is 1. The van der Waals surface area contributed by atoms with Crippen LogP contribution >= 0.6 is 11.3 Å². The van der Waals surface area contributed by atoms with Crippen molar-refractivity contribution in [3.63, 3.8) is 0 Å². The van der Waals surface area contributed by atoms with Crippen molar-refractivity contribution in [1.29, 1.82) is 0 Å². The second-order valence-electron chi connectivity index (χ2n) is 6.89. The van der Waals surface area contributed by atoms with Gasteiger partial charge in [0.2, 0.25) is 5.89 Å². The standard InChI is InChI=1S/C21H23N3O2S/c1-15-18(23-21(26-15)19-8-5-13-27-19)14-24-11-9-17(10-12-24)22-20(25)16-6-3-2-4-7-16/h2-8,13,17H,9-12,14H2,1H3,(H,22,25). The number of aromatic nitrogens is 1. The molecule has 6 heteroatoms. The zero-order chi connectivity index (χ0) is 18.6. The van der Waals surface area contributed by atoms with Crippen molar-refractivity contribution in [3.05, 3.63) is 64.9 Å². The zero-order valence-corrected chi connectivity index (χ0v) is 16.2. The lowest BCUT2D eigenvalue weighted by Gasteiger charge is -2.31. The second kappa shape index (κ2) is 8.06. The number of hydrogen-bond acceptors (Lipinski definition) is 5. The third-order valence-corrected chi connectivity index (χ3v) is 5.81. The molecule has 1 aliphatic rings. The molecule has 0 atom stereocenters. The number of oxazole rings is 1. The van der Waals surface area contributed by atoms with E-state index in [9.17, 15) is 4.79 Å². The minimum Gasteiger partial charge on any atom is -0.440 e. The van der Waals surface area contributed by atoms with Gasteiger partial charge in [0.05, 0.1) is 10.6 Å². The minimum atomic E-state index is 0.0157. The van der Waals surface area contributed by atoms with Gasteiger partial charge in [0.25, 0.3) is 5.91 Å². The molecule has 5 nitrogen and oxygen atoms in total. The Balaban J connectivity index is 1.30. The van der Waals surface area contributed by atoms with Crippen LogP contribution in [-0.4, -0.2) is 34.9 Å². The molecule has 0 spiro atoms. The van der Waals surface area contributed by atoms with Gasteiger partial charge in [-0.15, -0.1) is 11.3 Å². The molecule has 1 aromatic carbocycles. The first kappa shape index (κ1) is 17.9. The predicted octanol–water partition coefficient (Wildman–Crippen LogP) is 4.11. The summed E-state index contributed by atoms with van der Waals surface area (Å²) in [5.74, 6) is 1.61. The third kappa shape index (κ3) is 4.28. The number of rotatable bonds is 5. The first-order valence-corrected chi connectivity index (χ1v) is 10.2. The number of hydrogen-bond donors (Lipinski definition) is 1. The minimum absolute atomic E-state index is 0.0157. The quantitative estimate of drug-likeness (QED) is 0.723. The van der Waals surface area contributed by atoms with Crippen molar-refractivity contribution in [2.45, 2.75) is 32.4 Å². The summed E-state index contributed by atoms with van der Waals surface area (Å²) in [6, 6.07) is 13.7. The van der Waals surface area contributed by atoms with Crippen LogP contribution in [-0.2, 0) is 6.54 Å². The van der Waals surface area contributed by atoms with Crippen LogP contribution in [0.15, 0.2) is 52.3 Å². The molecule has 140 valence electrons. The van der Waals surface area contributed by atoms with Crippen molar-refractivity contribution in [1.82, 2.24) is 15.2 Å². The Morgan fingerprint density at radius 2 is 2.00 bits per heavy atom. The number of piperidine rings is 1. The van der Waals surface area contributed by atoms with Crippen LogP contribution < -0.4 is 5.32 Å². The van der Waals surface area contributed by atoms with Crippen molar-refractivity contribution in [2.75, 3.05) is 13.1 Å². The number of carbonyl (C=O) groups excluding carboxylic acids is 1. The number of amides is 1. The van der Waals surface area contributed by atoms with Crippen molar-refractivity contribution in [2.24, 2.45) is 0 Å². The van der Waals surface area contributed by atoms with Gasteiger partial charge in [-0.3, -0.25) is 9.69 Å². The Morgan fingerprint density at radius 3 is 2.70 bits per heavy atom. The van der Waals surface area contributed by atoms with Crippen LogP contribution in [0, 0.1) is 6.92 Å². The second-order valence-corrected chi connectivity index (χ2v) is 7.84. The molecular weight excluding hydrogens is 358 g/mol. The average molecular weight is 382 g/mol. The number of thiophene rings is 1. The Kier molecular flexibility index (Phi) is 5.36. The summed E-state index contributed by atoms with van der Waals surface area (Å²) >= 11 is 1.64. The molecule has 1 amide bonds. The fourth-order valence-electron chi connectivity index (χ4n) is 3.39. The predicted molar refractivity (Wildman–Crippen MR) is 107 cm³/mol. The van der Waals surface area contributed by atoms with Crippen LogP contribution in [0.2, 0.25) is 0 Å². The van der Waals surface area contributed by atoms with Gasteiger partial charge < -0.3 is 9.73 Å². The van der Waals surface area contributed by atoms with E-state index in [1.54, 1.807) is 11.3 Å². The Bertz CT molecular complexity index is 882. The number of carbonyl (C=O) groups is 1. The van der Waals surface area contributed by atoms with Gasteiger partial charge in [0, 0.05) is 31.2 Å². The van der Waals surface area contributed by atoms with Crippen LogP contribution in [0.4, 0.5) is 0 Å². The number of likely N-dealkylation sites (tertiary alicyclic amines) is 1. The summed E-state index contributed by atoms with van der Waals surface area (Å²) in [4.78, 5) is 20.4. The molecule has 0 aliphatic carbocycles. The molecule has 0 unspecified atom stereocenters. The zero-order valence-electron chi connectivity index (χ0n) is 15.4. The largest absolute Gasteiger partial charge is 0.440 e. The van der Waals surface area contributed by atoms with E-state index < -0.39 is 0 Å². The fourth-order valence-corrected chi connectivity index (χ4v) is 4.03. The van der Waals surface area contributed by atoms with Crippen molar-refractivity contribution < 1.29 is 9.21 Å². The van der Waals surface area contributed by atoms with E-state index in [-0.39, 0.29) is 11.9 Å². The van der Waals surface area contributed by atoms with Gasteiger partial charge in [0.1, 0.15) is 5.76 Å². The maximum absolute atomic E-state index is 12.3. The molecular formula is C21H23N3O2S. The van der Waals surface area contributed by atoms with Gasteiger partial charge in [-0.1, -0.05) is 24.3 Å². The van der Waals surface area contributed by atoms with E-state index in [1.807, 2.05) is 54.8 Å². The molecule has 1 N–H and O–H groups in total. The molecule has 2 aromatic heterocycles. The van der Waals surface area contributed by atoms with E-state index in [4.69, 9.17) is 4.42 Å². The summed E-state index contributed by atoms with van der Waals surface area (Å²) in [5, 5.41) is 5.19. The van der Waals surface area contributed by atoms with E-state index in [2.05, 4.69) is 15.2 Å². The van der Waals surface area contributed by atoms with E-state index in [1.165, 1.54) is 0 Å². The van der Waals surface area contributed by atoms with E-state index >= 15 is 0 Å². The topological polar surface area (TPSA) is 58.4 Å². The molecule has 3 heterocycles. The highest BCUT2D eigenvalue weighted by molar-refractivity contribution is 7.13. The Hall–Kier alpha value is -2.44. The van der Waals surface area contributed by atoms with Gasteiger partial charge in [-0.25, -0.2) is 4.98 Å². The lowest BCUT2D eigenvalue weighted by Crippen LogP contribution is -2.44. The maximum Gasteiger partial charge on any atom is 0.251 e. The maximum atomic E-state index is 12.3. The molecule has 1 saturated heterocycles. The molecule has 27 heavy (non-hydrogen) atoms. The summed E-state index contributed by atoms with van der Waals surface area (Å²) in [7, 11) is 0. The summed E-state index contributed by atoms with van der Waals surface area (Å²) in [5.41, 5.74) is 1.73. The van der Waals surface area contributed by atoms with Crippen molar-refractivity contribution in [3.8, 4) is 10.8 Å². The normalized spacial score (nSPS) is 15.7. The van der Waals surface area contributed by atoms with E-state index in [0.29, 0.717) is 5.89 Å². The Labute approximate surface area is 163 Å². The van der Waals surface area contributed by atoms with Crippen LogP contribution in [0.3, 0.4) is 0 Å². The van der Waals surface area contributed by atoms with Gasteiger partial charge >= 0.3 is 0 Å². The van der Waals surface area contributed by atoms with Crippen LogP contribution in [0.1, 0.15) is 34.7 Å². The molecule has 1 aliphatic heterocycles. The van der Waals surface area contributed by atoms with Gasteiger partial charge in [-0.05, 0) is 43.3 Å². The summed E-state index contributed by atoms with van der Waals surface area (Å²) in [6.45, 7) is 4.66. The lowest BCUT2D eigenvalue weighted by atomic mass is 10.0. The van der Waals surface area contributed by atoms with E-state index in [0.717, 1.165) is 54.4 Å². The molecule has 0 radical (unpaired) electrons. The lowest BCUT2D eigenvalue weighted by molar-refractivity contribution is 0.0908. The van der Waals surface area contributed by atoms with Gasteiger partial charge in [0.15, 0.2) is 0 Å². The SMILES string of the molecule is Cc1oc(-c2cccs2)nc1CN1CCC(NC(=O)c2ccccc2)CC1. The smallest absolute Gasteiger partial charge is 0.251 e. The molecule has 3 aromatic rings. The number of benzene rings is 1. The Morgan fingerprint density at radius 1 is 1.22 bits per heavy atom. The highest BCUT2D eigenvalue weighted by Gasteiger charge is 2.23.